The van der Waals surface area contributed by atoms with E-state index in [1.807, 2.05) is 52.8 Å². The molecular weight excluding hydrogens is 476 g/mol. The first kappa shape index (κ1) is 31.3. The Hall–Kier alpha value is -2.95. The average Bonchev–Trinajstić information content (AvgIpc) is 2.80. The highest BCUT2D eigenvalue weighted by atomic mass is 16.5. The third kappa shape index (κ3) is 7.78. The summed E-state index contributed by atoms with van der Waals surface area (Å²) in [5.41, 5.74) is -0.506. The van der Waals surface area contributed by atoms with E-state index < -0.39 is 34.1 Å². The summed E-state index contributed by atoms with van der Waals surface area (Å²) in [6.45, 7) is 20.3. The third-order valence-electron chi connectivity index (χ3n) is 8.15. The molecule has 2 aromatic carbocycles. The fraction of sp³-hybridized carbons (Fsp3) is 0.545. The molecule has 0 saturated heterocycles. The lowest BCUT2D eigenvalue weighted by atomic mass is 9.55. The zero-order chi connectivity index (χ0) is 29.1. The van der Waals surface area contributed by atoms with Crippen LogP contribution in [-0.4, -0.2) is 22.8 Å². The van der Waals surface area contributed by atoms with Gasteiger partial charge in [-0.05, 0) is 58.8 Å². The van der Waals surface area contributed by atoms with Crippen molar-refractivity contribution in [3.05, 3.63) is 65.7 Å². The molecule has 0 spiro atoms. The highest BCUT2D eigenvalue weighted by Crippen LogP contribution is 2.53. The second-order valence-corrected chi connectivity index (χ2v) is 14.0. The zero-order valence-electron chi connectivity index (χ0n) is 24.8. The average molecular weight is 523 g/mol. The van der Waals surface area contributed by atoms with Crippen LogP contribution in [0, 0.1) is 33.5 Å². The fourth-order valence-electron chi connectivity index (χ4n) is 4.87. The minimum Gasteiger partial charge on any atom is -0.481 e. The van der Waals surface area contributed by atoms with E-state index in [4.69, 9.17) is 4.74 Å². The van der Waals surface area contributed by atoms with Crippen LogP contribution >= 0.6 is 0 Å². The molecule has 2 rings (SSSR count). The molecule has 0 aliphatic rings. The third-order valence-corrected chi connectivity index (χ3v) is 8.15. The molecule has 2 unspecified atom stereocenters. The van der Waals surface area contributed by atoms with E-state index in [-0.39, 0.29) is 17.2 Å². The zero-order valence-corrected chi connectivity index (χ0v) is 24.8. The van der Waals surface area contributed by atoms with Crippen molar-refractivity contribution in [2.75, 3.05) is 0 Å². The monoisotopic (exact) mass is 522 g/mol. The van der Waals surface area contributed by atoms with E-state index in [0.717, 1.165) is 0 Å². The van der Waals surface area contributed by atoms with Gasteiger partial charge in [-0.1, -0.05) is 99.6 Å². The normalized spacial score (nSPS) is 14.5. The van der Waals surface area contributed by atoms with E-state index >= 15 is 0 Å². The van der Waals surface area contributed by atoms with Gasteiger partial charge in [0.1, 0.15) is 5.75 Å². The van der Waals surface area contributed by atoms with Crippen molar-refractivity contribution in [2.45, 2.75) is 82.1 Å². The van der Waals surface area contributed by atoms with Crippen LogP contribution in [0.1, 0.15) is 98.0 Å². The second-order valence-electron chi connectivity index (χ2n) is 14.0. The van der Waals surface area contributed by atoms with Gasteiger partial charge in [0.15, 0.2) is 5.78 Å². The van der Waals surface area contributed by atoms with Gasteiger partial charge < -0.3 is 9.84 Å². The summed E-state index contributed by atoms with van der Waals surface area (Å²) in [7, 11) is 0. The van der Waals surface area contributed by atoms with E-state index in [2.05, 4.69) is 34.6 Å². The molecule has 0 aliphatic heterocycles. The van der Waals surface area contributed by atoms with Gasteiger partial charge in [-0.3, -0.25) is 14.4 Å². The van der Waals surface area contributed by atoms with Crippen molar-refractivity contribution in [3.63, 3.8) is 0 Å². The molecule has 0 amide bonds. The van der Waals surface area contributed by atoms with E-state index in [1.165, 1.54) is 0 Å². The second kappa shape index (κ2) is 11.4. The number of ketones is 1. The summed E-state index contributed by atoms with van der Waals surface area (Å²) in [5.74, 6) is -1.91. The number of hydrogen-bond donors (Lipinski definition) is 1. The number of hydrogen-bond acceptors (Lipinski definition) is 4. The largest absolute Gasteiger partial charge is 0.481 e. The van der Waals surface area contributed by atoms with Gasteiger partial charge in [-0.2, -0.15) is 0 Å². The maximum atomic E-state index is 13.5. The molecule has 0 heterocycles. The van der Waals surface area contributed by atoms with Crippen molar-refractivity contribution in [1.82, 2.24) is 0 Å². The van der Waals surface area contributed by atoms with Crippen LogP contribution in [0.15, 0.2) is 54.6 Å². The Bertz CT molecular complexity index is 1110. The van der Waals surface area contributed by atoms with Crippen LogP contribution < -0.4 is 4.74 Å². The molecule has 0 fully saturated rings. The Labute approximate surface area is 229 Å². The van der Waals surface area contributed by atoms with Gasteiger partial charge >= 0.3 is 11.9 Å². The number of aliphatic carboxylic acids is 1. The number of benzene rings is 2. The van der Waals surface area contributed by atoms with Crippen LogP contribution in [0.2, 0.25) is 0 Å². The minimum atomic E-state index is -0.807. The number of esters is 1. The van der Waals surface area contributed by atoms with Gasteiger partial charge in [0, 0.05) is 11.1 Å². The van der Waals surface area contributed by atoms with Crippen molar-refractivity contribution in [3.8, 4) is 5.75 Å². The number of rotatable bonds is 10. The van der Waals surface area contributed by atoms with E-state index in [1.54, 1.807) is 36.4 Å². The van der Waals surface area contributed by atoms with Crippen molar-refractivity contribution >= 4 is 17.7 Å². The minimum absolute atomic E-state index is 0.0942. The summed E-state index contributed by atoms with van der Waals surface area (Å²) in [6, 6.07) is 15.7. The Morgan fingerprint density at radius 2 is 1.21 bits per heavy atom. The van der Waals surface area contributed by atoms with Crippen molar-refractivity contribution in [1.29, 1.82) is 0 Å². The number of ether oxygens (including phenoxy) is 1. The molecule has 5 heteroatoms. The lowest BCUT2D eigenvalue weighted by Crippen LogP contribution is -2.47. The first-order chi connectivity index (χ1) is 17.3. The summed E-state index contributed by atoms with van der Waals surface area (Å²) in [4.78, 5) is 38.6. The van der Waals surface area contributed by atoms with E-state index in [9.17, 15) is 19.5 Å². The summed E-state index contributed by atoms with van der Waals surface area (Å²) in [6.07, 6.45) is 1.01. The van der Waals surface area contributed by atoms with Crippen LogP contribution in [-0.2, 0) is 9.59 Å². The molecule has 0 bridgehead atoms. The molecule has 38 heavy (non-hydrogen) atoms. The lowest BCUT2D eigenvalue weighted by molar-refractivity contribution is -0.154. The highest BCUT2D eigenvalue weighted by molar-refractivity contribution is 6.09. The standard InChI is InChI=1S/C33H46O5/c1-30(2,3)20-25(28(35)36)33(9,10)32(7,8)21-26(31(4,5)6)29(37)38-24-18-16-23(17-19-24)27(34)22-14-12-11-13-15-22/h11-19,25-26H,20-21H2,1-10H3,(H,35,36). The Balaban J connectivity index is 2.27. The molecule has 0 saturated carbocycles. The first-order valence-electron chi connectivity index (χ1n) is 13.4. The quantitative estimate of drug-likeness (QED) is 0.194. The van der Waals surface area contributed by atoms with Crippen molar-refractivity contribution < 1.29 is 24.2 Å². The maximum absolute atomic E-state index is 13.5. The van der Waals surface area contributed by atoms with Crippen LogP contribution in [0.25, 0.3) is 0 Å². The topological polar surface area (TPSA) is 80.7 Å². The van der Waals surface area contributed by atoms with Crippen LogP contribution in [0.4, 0.5) is 0 Å². The van der Waals surface area contributed by atoms with Gasteiger partial charge in [-0.15, -0.1) is 0 Å². The SMILES string of the molecule is CC(C)(C)CC(C(=O)O)C(C)(C)C(C)(C)CC(C(=O)Oc1ccc(C(=O)c2ccccc2)cc1)C(C)(C)C. The number of carboxylic acids is 1. The molecule has 2 atom stereocenters. The van der Waals surface area contributed by atoms with Gasteiger partial charge in [0.2, 0.25) is 0 Å². The predicted molar refractivity (Wildman–Crippen MR) is 152 cm³/mol. The molecule has 2 aromatic rings. The Morgan fingerprint density at radius 3 is 1.66 bits per heavy atom. The van der Waals surface area contributed by atoms with E-state index in [0.29, 0.717) is 29.7 Å². The summed E-state index contributed by atoms with van der Waals surface area (Å²) < 4.78 is 5.82. The van der Waals surface area contributed by atoms with Gasteiger partial charge in [0.05, 0.1) is 11.8 Å². The number of carbonyl (C=O) groups is 3. The number of carbonyl (C=O) groups excluding carboxylic acids is 2. The predicted octanol–water partition coefficient (Wildman–Crippen LogP) is 8.06. The van der Waals surface area contributed by atoms with Crippen molar-refractivity contribution in [2.24, 2.45) is 33.5 Å². The fourth-order valence-corrected chi connectivity index (χ4v) is 4.87. The molecule has 0 aromatic heterocycles. The molecule has 208 valence electrons. The maximum Gasteiger partial charge on any atom is 0.314 e. The lowest BCUT2D eigenvalue weighted by Gasteiger charge is -2.49. The Morgan fingerprint density at radius 1 is 0.711 bits per heavy atom. The number of carboxylic acid groups (broad SMARTS) is 1. The summed E-state index contributed by atoms with van der Waals surface area (Å²) in [5, 5.41) is 10.2. The van der Waals surface area contributed by atoms with Gasteiger partial charge in [-0.25, -0.2) is 0 Å². The summed E-state index contributed by atoms with van der Waals surface area (Å²) >= 11 is 0. The highest BCUT2D eigenvalue weighted by Gasteiger charge is 2.50. The van der Waals surface area contributed by atoms with Crippen LogP contribution in [0.5, 0.6) is 5.75 Å². The Kier molecular flexibility index (Phi) is 9.40. The molecule has 5 nitrogen and oxygen atoms in total. The molecule has 0 aliphatic carbocycles. The van der Waals surface area contributed by atoms with Gasteiger partial charge in [0.25, 0.3) is 0 Å². The molecule has 0 radical (unpaired) electrons. The first-order valence-corrected chi connectivity index (χ1v) is 13.4. The molecule has 1 N–H and O–H groups in total. The molecular formula is C33H46O5. The van der Waals surface area contributed by atoms with Crippen LogP contribution in [0.3, 0.4) is 0 Å². The smallest absolute Gasteiger partial charge is 0.314 e.